The monoisotopic (exact) mass is 280 g/mol. The molecule has 1 fully saturated rings. The van der Waals surface area contributed by atoms with E-state index in [2.05, 4.69) is 5.32 Å². The van der Waals surface area contributed by atoms with Crippen LogP contribution in [-0.2, 0) is 11.3 Å². The van der Waals surface area contributed by atoms with Gasteiger partial charge < -0.3 is 15.8 Å². The molecule has 2 rings (SSSR count). The number of methoxy groups -OCH3 is 1. The molecule has 0 unspecified atom stereocenters. The molecule has 110 valence electrons. The summed E-state index contributed by atoms with van der Waals surface area (Å²) in [5.74, 6) is 0.313. The molecule has 3 N–H and O–H groups in total. The highest BCUT2D eigenvalue weighted by Crippen LogP contribution is 2.31. The molecule has 0 bridgehead atoms. The van der Waals surface area contributed by atoms with Gasteiger partial charge in [-0.05, 0) is 31.4 Å². The first-order valence-corrected chi connectivity index (χ1v) is 6.96. The van der Waals surface area contributed by atoms with Gasteiger partial charge in [-0.2, -0.15) is 0 Å². The van der Waals surface area contributed by atoms with Crippen LogP contribution >= 0.6 is 0 Å². The fourth-order valence-corrected chi connectivity index (χ4v) is 2.78. The van der Waals surface area contributed by atoms with Crippen molar-refractivity contribution in [1.29, 1.82) is 0 Å². The first kappa shape index (κ1) is 14.8. The van der Waals surface area contributed by atoms with Crippen molar-refractivity contribution in [1.82, 2.24) is 5.32 Å². The molecule has 4 nitrogen and oxygen atoms in total. The van der Waals surface area contributed by atoms with Crippen molar-refractivity contribution < 1.29 is 13.9 Å². The maximum Gasteiger partial charge on any atom is 0.223 e. The van der Waals surface area contributed by atoms with Crippen LogP contribution in [-0.4, -0.2) is 19.6 Å². The number of hydrogen-bond donors (Lipinski definition) is 2. The second kappa shape index (κ2) is 6.70. The molecule has 2 atom stereocenters. The largest absolute Gasteiger partial charge is 0.497 e. The third kappa shape index (κ3) is 3.28. The number of nitrogens with two attached hydrogens (primary N) is 1. The SMILES string of the molecule is COc1ccc(CNC(=O)[C@@H]2CCC[C@@H]2CN)c(F)c1. The average Bonchev–Trinajstić information content (AvgIpc) is 2.94. The summed E-state index contributed by atoms with van der Waals surface area (Å²) in [7, 11) is 1.49. The lowest BCUT2D eigenvalue weighted by atomic mass is 9.95. The molecule has 0 spiro atoms. The Kier molecular flexibility index (Phi) is 4.95. The highest BCUT2D eigenvalue weighted by Gasteiger charge is 2.31. The summed E-state index contributed by atoms with van der Waals surface area (Å²) < 4.78 is 18.7. The minimum atomic E-state index is -0.369. The summed E-state index contributed by atoms with van der Waals surface area (Å²) in [6, 6.07) is 4.63. The van der Waals surface area contributed by atoms with E-state index in [0.29, 0.717) is 17.9 Å². The topological polar surface area (TPSA) is 64.3 Å². The molecule has 1 saturated carbocycles. The van der Waals surface area contributed by atoms with Crippen molar-refractivity contribution in [2.45, 2.75) is 25.8 Å². The van der Waals surface area contributed by atoms with Crippen LogP contribution in [0.2, 0.25) is 0 Å². The maximum absolute atomic E-state index is 13.8. The minimum Gasteiger partial charge on any atom is -0.497 e. The van der Waals surface area contributed by atoms with Crippen LogP contribution in [0.5, 0.6) is 5.75 Å². The van der Waals surface area contributed by atoms with Crippen LogP contribution in [0.4, 0.5) is 4.39 Å². The van der Waals surface area contributed by atoms with E-state index in [4.69, 9.17) is 10.5 Å². The molecule has 20 heavy (non-hydrogen) atoms. The molecule has 0 heterocycles. The Morgan fingerprint density at radius 2 is 2.30 bits per heavy atom. The molecule has 1 aromatic carbocycles. The van der Waals surface area contributed by atoms with Gasteiger partial charge in [-0.3, -0.25) is 4.79 Å². The zero-order valence-electron chi connectivity index (χ0n) is 11.7. The zero-order chi connectivity index (χ0) is 14.5. The summed E-state index contributed by atoms with van der Waals surface area (Å²) in [5.41, 5.74) is 6.13. The van der Waals surface area contributed by atoms with E-state index in [0.717, 1.165) is 19.3 Å². The van der Waals surface area contributed by atoms with E-state index in [1.165, 1.54) is 13.2 Å². The number of halogens is 1. The lowest BCUT2D eigenvalue weighted by Gasteiger charge is -2.17. The van der Waals surface area contributed by atoms with Crippen LogP contribution in [0, 0.1) is 17.7 Å². The maximum atomic E-state index is 13.8. The molecule has 0 saturated heterocycles. The van der Waals surface area contributed by atoms with E-state index >= 15 is 0 Å². The molecule has 0 aromatic heterocycles. The summed E-state index contributed by atoms with van der Waals surface area (Å²) in [6.45, 7) is 0.734. The summed E-state index contributed by atoms with van der Waals surface area (Å²) in [5, 5.41) is 2.81. The van der Waals surface area contributed by atoms with Gasteiger partial charge in [0.25, 0.3) is 0 Å². The van der Waals surface area contributed by atoms with Crippen LogP contribution < -0.4 is 15.8 Å². The van der Waals surface area contributed by atoms with Crippen molar-refractivity contribution in [2.24, 2.45) is 17.6 Å². The van der Waals surface area contributed by atoms with Gasteiger partial charge in [0, 0.05) is 24.1 Å². The Morgan fingerprint density at radius 1 is 1.50 bits per heavy atom. The Morgan fingerprint density at radius 3 is 2.95 bits per heavy atom. The van der Waals surface area contributed by atoms with Crippen LogP contribution in [0.3, 0.4) is 0 Å². The second-order valence-corrected chi connectivity index (χ2v) is 5.21. The lowest BCUT2D eigenvalue weighted by molar-refractivity contribution is -0.126. The van der Waals surface area contributed by atoms with Crippen LogP contribution in [0.1, 0.15) is 24.8 Å². The van der Waals surface area contributed by atoms with E-state index in [1.54, 1.807) is 12.1 Å². The van der Waals surface area contributed by atoms with Gasteiger partial charge in [-0.1, -0.05) is 12.5 Å². The van der Waals surface area contributed by atoms with Gasteiger partial charge in [0.05, 0.1) is 7.11 Å². The molecular formula is C15H21FN2O2. The van der Waals surface area contributed by atoms with Crippen LogP contribution in [0.25, 0.3) is 0 Å². The number of amides is 1. The molecule has 1 aromatic rings. The second-order valence-electron chi connectivity index (χ2n) is 5.21. The predicted molar refractivity (Wildman–Crippen MR) is 74.7 cm³/mol. The Bertz CT molecular complexity index is 479. The van der Waals surface area contributed by atoms with Gasteiger partial charge in [-0.25, -0.2) is 4.39 Å². The number of hydrogen-bond acceptors (Lipinski definition) is 3. The molecule has 1 aliphatic rings. The minimum absolute atomic E-state index is 0.0202. The van der Waals surface area contributed by atoms with E-state index in [-0.39, 0.29) is 30.1 Å². The number of carbonyl (C=O) groups is 1. The summed E-state index contributed by atoms with van der Waals surface area (Å²) in [4.78, 5) is 12.1. The highest BCUT2D eigenvalue weighted by molar-refractivity contribution is 5.79. The normalized spacial score (nSPS) is 21.8. The lowest BCUT2D eigenvalue weighted by Crippen LogP contribution is -2.34. The Hall–Kier alpha value is -1.62. The number of nitrogens with one attached hydrogen (secondary N) is 1. The standard InChI is InChI=1S/C15H21FN2O2/c1-20-12-6-5-11(14(16)7-12)9-18-15(19)13-4-2-3-10(13)8-17/h5-7,10,13H,2-4,8-9,17H2,1H3,(H,18,19)/t10-,13-/m1/s1. The van der Waals surface area contributed by atoms with E-state index in [9.17, 15) is 9.18 Å². The Labute approximate surface area is 118 Å². The first-order chi connectivity index (χ1) is 9.65. The summed E-state index contributed by atoms with van der Waals surface area (Å²) in [6.07, 6.45) is 2.92. The number of carbonyl (C=O) groups excluding carboxylic acids is 1. The molecule has 0 aliphatic heterocycles. The van der Waals surface area contributed by atoms with Crippen molar-refractivity contribution in [3.63, 3.8) is 0 Å². The van der Waals surface area contributed by atoms with Crippen molar-refractivity contribution in [2.75, 3.05) is 13.7 Å². The fourth-order valence-electron chi connectivity index (χ4n) is 2.78. The van der Waals surface area contributed by atoms with Crippen molar-refractivity contribution in [3.8, 4) is 5.75 Å². The molecule has 1 aliphatic carbocycles. The third-order valence-corrected chi connectivity index (χ3v) is 4.01. The zero-order valence-corrected chi connectivity index (χ0v) is 11.7. The van der Waals surface area contributed by atoms with E-state index in [1.807, 2.05) is 0 Å². The smallest absolute Gasteiger partial charge is 0.223 e. The first-order valence-electron chi connectivity index (χ1n) is 6.96. The predicted octanol–water partition coefficient (Wildman–Crippen LogP) is 1.83. The Balaban J connectivity index is 1.93. The molecule has 0 radical (unpaired) electrons. The third-order valence-electron chi connectivity index (χ3n) is 4.01. The number of rotatable bonds is 5. The highest BCUT2D eigenvalue weighted by atomic mass is 19.1. The van der Waals surface area contributed by atoms with Gasteiger partial charge in [0.15, 0.2) is 0 Å². The number of benzene rings is 1. The average molecular weight is 280 g/mol. The summed E-state index contributed by atoms with van der Waals surface area (Å²) >= 11 is 0. The van der Waals surface area contributed by atoms with Gasteiger partial charge >= 0.3 is 0 Å². The van der Waals surface area contributed by atoms with Crippen molar-refractivity contribution >= 4 is 5.91 Å². The fraction of sp³-hybridized carbons (Fsp3) is 0.533. The van der Waals surface area contributed by atoms with Crippen LogP contribution in [0.15, 0.2) is 18.2 Å². The van der Waals surface area contributed by atoms with Gasteiger partial charge in [0.2, 0.25) is 5.91 Å². The molecule has 5 heteroatoms. The molecule has 1 amide bonds. The van der Waals surface area contributed by atoms with Gasteiger partial charge in [-0.15, -0.1) is 0 Å². The molecular weight excluding hydrogens is 259 g/mol. The quantitative estimate of drug-likeness (QED) is 0.865. The number of ether oxygens (including phenoxy) is 1. The van der Waals surface area contributed by atoms with E-state index < -0.39 is 0 Å². The van der Waals surface area contributed by atoms with Crippen molar-refractivity contribution in [3.05, 3.63) is 29.6 Å². The van der Waals surface area contributed by atoms with Gasteiger partial charge in [0.1, 0.15) is 11.6 Å².